The van der Waals surface area contributed by atoms with Crippen LogP contribution in [0, 0.1) is 0 Å². The molecule has 1 aromatic heterocycles. The molecule has 7 nitrogen and oxygen atoms in total. The average Bonchev–Trinajstić information content (AvgIpc) is 2.73. The molecule has 1 N–H and O–H groups in total. The van der Waals surface area contributed by atoms with Crippen molar-refractivity contribution in [1.82, 2.24) is 14.5 Å². The maximum atomic E-state index is 13.0. The number of urea groups is 1. The highest BCUT2D eigenvalue weighted by Crippen LogP contribution is 2.26. The summed E-state index contributed by atoms with van der Waals surface area (Å²) in [6, 6.07) is 11.1. The van der Waals surface area contributed by atoms with Crippen molar-refractivity contribution < 1.29 is 9.53 Å². The molecule has 0 fully saturated rings. The largest absolute Gasteiger partial charge is 0.383 e. The van der Waals surface area contributed by atoms with Crippen LogP contribution in [0.1, 0.15) is 18.8 Å². The van der Waals surface area contributed by atoms with Crippen molar-refractivity contribution in [3.8, 4) is 0 Å². The van der Waals surface area contributed by atoms with Crippen LogP contribution in [0.5, 0.6) is 0 Å². The minimum Gasteiger partial charge on any atom is -0.383 e. The maximum Gasteiger partial charge on any atom is 0.322 e. The summed E-state index contributed by atoms with van der Waals surface area (Å²) in [6.07, 6.45) is 0. The Morgan fingerprint density at radius 3 is 2.70 bits per heavy atom. The second-order valence-electron chi connectivity index (χ2n) is 6.78. The molecule has 3 aromatic rings. The van der Waals surface area contributed by atoms with Crippen molar-refractivity contribution in [1.29, 1.82) is 0 Å². The van der Waals surface area contributed by atoms with E-state index in [0.717, 1.165) is 0 Å². The standard InChI is InChI=1S/C21H22Cl2N4O3/c1-13(26(2)21(29)25-18-9-8-14(22)12-16(18)23)19-24-17-7-5-4-6-15(17)20(28)27(19)10-11-30-3/h4-9,12-13H,10-11H2,1-3H3,(H,25,29). The Balaban J connectivity index is 1.94. The molecule has 0 spiro atoms. The van der Waals surface area contributed by atoms with Crippen LogP contribution in [0.3, 0.4) is 0 Å². The van der Waals surface area contributed by atoms with Crippen LogP contribution in [-0.2, 0) is 11.3 Å². The molecule has 2 aromatic carbocycles. The second kappa shape index (κ2) is 9.47. The Morgan fingerprint density at radius 2 is 2.00 bits per heavy atom. The van der Waals surface area contributed by atoms with Gasteiger partial charge in [0.05, 0.1) is 40.8 Å². The molecule has 0 aliphatic heterocycles. The first-order valence-corrected chi connectivity index (χ1v) is 10.1. The minimum absolute atomic E-state index is 0.172. The van der Waals surface area contributed by atoms with Gasteiger partial charge in [0.2, 0.25) is 0 Å². The Labute approximate surface area is 184 Å². The third kappa shape index (κ3) is 4.59. The van der Waals surface area contributed by atoms with Gasteiger partial charge in [0.25, 0.3) is 5.56 Å². The highest BCUT2D eigenvalue weighted by atomic mass is 35.5. The molecule has 158 valence electrons. The predicted octanol–water partition coefficient (Wildman–Crippen LogP) is 4.57. The normalized spacial score (nSPS) is 12.0. The number of hydrogen-bond donors (Lipinski definition) is 1. The van der Waals surface area contributed by atoms with Crippen LogP contribution in [0.4, 0.5) is 10.5 Å². The summed E-state index contributed by atoms with van der Waals surface area (Å²) in [5.41, 5.74) is 0.843. The highest BCUT2D eigenvalue weighted by molar-refractivity contribution is 6.36. The van der Waals surface area contributed by atoms with Crippen LogP contribution in [0.25, 0.3) is 10.9 Å². The van der Waals surface area contributed by atoms with Crippen molar-refractivity contribution in [2.45, 2.75) is 19.5 Å². The Hall–Kier alpha value is -2.61. The Kier molecular flexibility index (Phi) is 6.97. The maximum absolute atomic E-state index is 13.0. The zero-order chi connectivity index (χ0) is 21.8. The van der Waals surface area contributed by atoms with Gasteiger partial charge < -0.3 is 15.0 Å². The van der Waals surface area contributed by atoms with Crippen molar-refractivity contribution >= 4 is 45.8 Å². The van der Waals surface area contributed by atoms with Crippen molar-refractivity contribution in [3.05, 3.63) is 68.7 Å². The van der Waals surface area contributed by atoms with Gasteiger partial charge >= 0.3 is 6.03 Å². The lowest BCUT2D eigenvalue weighted by Crippen LogP contribution is -2.38. The van der Waals surface area contributed by atoms with Gasteiger partial charge in [-0.05, 0) is 37.3 Å². The van der Waals surface area contributed by atoms with Gasteiger partial charge in [-0.25, -0.2) is 9.78 Å². The number of nitrogens with zero attached hydrogens (tertiary/aromatic N) is 3. The van der Waals surface area contributed by atoms with Crippen LogP contribution >= 0.6 is 23.2 Å². The van der Waals surface area contributed by atoms with E-state index in [1.54, 1.807) is 55.1 Å². The number of halogens is 2. The second-order valence-corrected chi connectivity index (χ2v) is 7.62. The Bertz CT molecular complexity index is 1130. The van der Waals surface area contributed by atoms with Crippen molar-refractivity contribution in [2.75, 3.05) is 26.1 Å². The number of amides is 2. The number of ether oxygens (including phenoxy) is 1. The van der Waals surface area contributed by atoms with E-state index in [-0.39, 0.29) is 5.56 Å². The lowest BCUT2D eigenvalue weighted by atomic mass is 10.2. The van der Waals surface area contributed by atoms with Gasteiger partial charge in [-0.3, -0.25) is 9.36 Å². The van der Waals surface area contributed by atoms with Gasteiger partial charge in [0.15, 0.2) is 0 Å². The number of hydrogen-bond acceptors (Lipinski definition) is 4. The van der Waals surface area contributed by atoms with E-state index in [9.17, 15) is 9.59 Å². The Morgan fingerprint density at radius 1 is 1.27 bits per heavy atom. The monoisotopic (exact) mass is 448 g/mol. The lowest BCUT2D eigenvalue weighted by Gasteiger charge is -2.27. The summed E-state index contributed by atoms with van der Waals surface area (Å²) < 4.78 is 6.70. The summed E-state index contributed by atoms with van der Waals surface area (Å²) in [4.78, 5) is 32.0. The number of fused-ring (bicyclic) bond motifs is 1. The van der Waals surface area contributed by atoms with Crippen molar-refractivity contribution in [2.24, 2.45) is 0 Å². The molecule has 3 rings (SSSR count). The highest BCUT2D eigenvalue weighted by Gasteiger charge is 2.24. The fourth-order valence-corrected chi connectivity index (χ4v) is 3.50. The quantitative estimate of drug-likeness (QED) is 0.598. The summed E-state index contributed by atoms with van der Waals surface area (Å²) in [7, 11) is 3.20. The molecule has 0 bridgehead atoms. The molecule has 2 amide bonds. The molecule has 1 atom stereocenters. The molecule has 0 saturated carbocycles. The van der Waals surface area contributed by atoms with Gasteiger partial charge in [-0.2, -0.15) is 0 Å². The third-order valence-corrected chi connectivity index (χ3v) is 5.41. The van der Waals surface area contributed by atoms with Gasteiger partial charge in [-0.1, -0.05) is 35.3 Å². The van der Waals surface area contributed by atoms with Crippen LogP contribution in [0.15, 0.2) is 47.3 Å². The minimum atomic E-state index is -0.495. The molecule has 0 saturated heterocycles. The number of aromatic nitrogens is 2. The predicted molar refractivity (Wildman–Crippen MR) is 120 cm³/mol. The molecule has 0 aliphatic rings. The number of para-hydroxylation sites is 1. The van der Waals surface area contributed by atoms with E-state index in [0.29, 0.717) is 45.6 Å². The number of carbonyl (C=O) groups excluding carboxylic acids is 1. The van der Waals surface area contributed by atoms with Gasteiger partial charge in [0, 0.05) is 19.2 Å². The topological polar surface area (TPSA) is 76.5 Å². The van der Waals surface area contributed by atoms with E-state index in [1.807, 2.05) is 13.0 Å². The number of benzene rings is 2. The summed E-state index contributed by atoms with van der Waals surface area (Å²) in [6.45, 7) is 2.48. The fraction of sp³-hybridized carbons (Fsp3) is 0.286. The number of methoxy groups -OCH3 is 1. The molecule has 1 heterocycles. The number of anilines is 1. The van der Waals surface area contributed by atoms with E-state index < -0.39 is 12.1 Å². The third-order valence-electron chi connectivity index (χ3n) is 4.86. The summed E-state index contributed by atoms with van der Waals surface area (Å²) in [5.74, 6) is 0.468. The van der Waals surface area contributed by atoms with Crippen LogP contribution in [-0.4, -0.2) is 41.2 Å². The summed E-state index contributed by atoms with van der Waals surface area (Å²) in [5, 5.41) is 4.08. The molecular weight excluding hydrogens is 427 g/mol. The van der Waals surface area contributed by atoms with Gasteiger partial charge in [0.1, 0.15) is 5.82 Å². The molecule has 0 aliphatic carbocycles. The molecule has 1 unspecified atom stereocenters. The van der Waals surface area contributed by atoms with Gasteiger partial charge in [-0.15, -0.1) is 0 Å². The zero-order valence-corrected chi connectivity index (χ0v) is 18.4. The molecule has 30 heavy (non-hydrogen) atoms. The van der Waals surface area contributed by atoms with E-state index in [1.165, 1.54) is 4.90 Å². The first kappa shape index (κ1) is 22.1. The SMILES string of the molecule is COCCn1c(C(C)N(C)C(=O)Nc2ccc(Cl)cc2Cl)nc2ccccc2c1=O. The van der Waals surface area contributed by atoms with E-state index in [2.05, 4.69) is 10.3 Å². The van der Waals surface area contributed by atoms with E-state index >= 15 is 0 Å². The number of carbonyl (C=O) groups is 1. The van der Waals surface area contributed by atoms with Crippen molar-refractivity contribution in [3.63, 3.8) is 0 Å². The number of rotatable bonds is 6. The van der Waals surface area contributed by atoms with Crippen LogP contribution in [0.2, 0.25) is 10.0 Å². The average molecular weight is 449 g/mol. The fourth-order valence-electron chi connectivity index (χ4n) is 3.05. The molecule has 9 heteroatoms. The lowest BCUT2D eigenvalue weighted by molar-refractivity contribution is 0.180. The van der Waals surface area contributed by atoms with Crippen LogP contribution < -0.4 is 10.9 Å². The molecular formula is C21H22Cl2N4O3. The first-order valence-electron chi connectivity index (χ1n) is 9.30. The first-order chi connectivity index (χ1) is 14.3. The number of nitrogens with one attached hydrogen (secondary N) is 1. The molecule has 0 radical (unpaired) electrons. The zero-order valence-electron chi connectivity index (χ0n) is 16.9. The summed E-state index contributed by atoms with van der Waals surface area (Å²) >= 11 is 12.1. The smallest absolute Gasteiger partial charge is 0.322 e. The van der Waals surface area contributed by atoms with E-state index in [4.69, 9.17) is 27.9 Å².